The van der Waals surface area contributed by atoms with Crippen LogP contribution in [0.15, 0.2) is 24.5 Å². The normalized spacial score (nSPS) is 10.8. The monoisotopic (exact) mass is 315 g/mol. The van der Waals surface area contributed by atoms with Gasteiger partial charge in [0.2, 0.25) is 0 Å². The first-order chi connectivity index (χ1) is 9.00. The number of hydrogen-bond acceptors (Lipinski definition) is 3. The van der Waals surface area contributed by atoms with E-state index in [1.807, 2.05) is 26.0 Å². The van der Waals surface area contributed by atoms with E-state index in [1.165, 1.54) is 6.33 Å². The highest BCUT2D eigenvalue weighted by Gasteiger charge is 2.15. The van der Waals surface area contributed by atoms with Crippen molar-refractivity contribution in [2.24, 2.45) is 0 Å². The molecule has 0 aliphatic rings. The summed E-state index contributed by atoms with van der Waals surface area (Å²) < 4.78 is 0. The fourth-order valence-electron chi connectivity index (χ4n) is 1.71. The van der Waals surface area contributed by atoms with Crippen LogP contribution < -0.4 is 5.32 Å². The lowest BCUT2D eigenvalue weighted by Crippen LogP contribution is -2.03. The van der Waals surface area contributed by atoms with Crippen molar-refractivity contribution in [1.82, 2.24) is 9.97 Å². The molecule has 0 spiro atoms. The number of aromatic nitrogens is 2. The lowest BCUT2D eigenvalue weighted by Gasteiger charge is -2.15. The molecule has 0 bridgehead atoms. The zero-order valence-electron chi connectivity index (χ0n) is 10.4. The van der Waals surface area contributed by atoms with Gasteiger partial charge in [0.15, 0.2) is 0 Å². The van der Waals surface area contributed by atoms with Crippen LogP contribution in [-0.2, 0) is 0 Å². The molecule has 0 fully saturated rings. The van der Waals surface area contributed by atoms with Gasteiger partial charge in [-0.2, -0.15) is 0 Å². The van der Waals surface area contributed by atoms with E-state index in [0.29, 0.717) is 26.7 Å². The van der Waals surface area contributed by atoms with Crippen LogP contribution in [0.25, 0.3) is 0 Å². The van der Waals surface area contributed by atoms with Gasteiger partial charge in [0.25, 0.3) is 0 Å². The van der Waals surface area contributed by atoms with Crippen molar-refractivity contribution in [3.63, 3.8) is 0 Å². The molecule has 0 saturated carbocycles. The third-order valence-corrected chi connectivity index (χ3v) is 3.74. The van der Waals surface area contributed by atoms with Gasteiger partial charge in [0.1, 0.15) is 17.3 Å². The number of rotatable bonds is 3. The van der Waals surface area contributed by atoms with Gasteiger partial charge in [-0.05, 0) is 18.1 Å². The van der Waals surface area contributed by atoms with E-state index in [-0.39, 0.29) is 5.92 Å². The van der Waals surface area contributed by atoms with Crippen LogP contribution in [0.3, 0.4) is 0 Å². The zero-order valence-corrected chi connectivity index (χ0v) is 12.7. The Morgan fingerprint density at radius 2 is 1.84 bits per heavy atom. The van der Waals surface area contributed by atoms with E-state index in [9.17, 15) is 0 Å². The summed E-state index contributed by atoms with van der Waals surface area (Å²) in [4.78, 5) is 8.22. The Morgan fingerprint density at radius 3 is 2.53 bits per heavy atom. The first-order valence-electron chi connectivity index (χ1n) is 5.72. The lowest BCUT2D eigenvalue weighted by molar-refractivity contribution is 0.850. The zero-order chi connectivity index (χ0) is 14.0. The number of anilines is 2. The average Bonchev–Trinajstić information content (AvgIpc) is 2.34. The summed E-state index contributed by atoms with van der Waals surface area (Å²) in [5, 5.41) is 4.52. The van der Waals surface area contributed by atoms with Crippen LogP contribution in [0.1, 0.15) is 25.3 Å². The van der Waals surface area contributed by atoms with Crippen LogP contribution in [-0.4, -0.2) is 9.97 Å². The first-order valence-corrected chi connectivity index (χ1v) is 6.85. The summed E-state index contributed by atoms with van der Waals surface area (Å²) in [6.07, 6.45) is 1.41. The fourth-order valence-corrected chi connectivity index (χ4v) is 2.41. The molecular weight excluding hydrogens is 305 g/mol. The highest BCUT2D eigenvalue weighted by atomic mass is 35.5. The molecule has 2 rings (SSSR count). The Bertz CT molecular complexity index is 600. The molecule has 0 radical (unpaired) electrons. The van der Waals surface area contributed by atoms with E-state index in [1.54, 1.807) is 6.07 Å². The summed E-state index contributed by atoms with van der Waals surface area (Å²) >= 11 is 18.2. The molecule has 0 unspecified atom stereocenters. The molecule has 0 atom stereocenters. The van der Waals surface area contributed by atoms with Crippen molar-refractivity contribution in [3.05, 3.63) is 45.3 Å². The van der Waals surface area contributed by atoms with Crippen LogP contribution in [0.4, 0.5) is 11.5 Å². The highest BCUT2D eigenvalue weighted by molar-refractivity contribution is 6.43. The summed E-state index contributed by atoms with van der Waals surface area (Å²) in [5.74, 6) is 0.827. The quantitative estimate of drug-likeness (QED) is 0.780. The van der Waals surface area contributed by atoms with Crippen molar-refractivity contribution in [3.8, 4) is 0 Å². The number of nitrogens with one attached hydrogen (secondary N) is 1. The Morgan fingerprint density at radius 1 is 1.11 bits per heavy atom. The van der Waals surface area contributed by atoms with Gasteiger partial charge in [-0.25, -0.2) is 9.97 Å². The summed E-state index contributed by atoms with van der Waals surface area (Å²) in [6, 6.07) is 5.37. The maximum Gasteiger partial charge on any atom is 0.138 e. The van der Waals surface area contributed by atoms with Crippen LogP contribution in [0, 0.1) is 0 Å². The smallest absolute Gasteiger partial charge is 0.138 e. The topological polar surface area (TPSA) is 37.8 Å². The van der Waals surface area contributed by atoms with Crippen molar-refractivity contribution < 1.29 is 0 Å². The molecule has 1 N–H and O–H groups in total. The second-order valence-electron chi connectivity index (χ2n) is 4.31. The van der Waals surface area contributed by atoms with E-state index in [4.69, 9.17) is 34.8 Å². The minimum atomic E-state index is 0.189. The van der Waals surface area contributed by atoms with E-state index >= 15 is 0 Å². The molecule has 3 nitrogen and oxygen atoms in total. The van der Waals surface area contributed by atoms with Crippen LogP contribution in [0.2, 0.25) is 15.2 Å². The second-order valence-corrected chi connectivity index (χ2v) is 5.45. The fraction of sp³-hybridized carbons (Fsp3) is 0.231. The Kier molecular flexibility index (Phi) is 4.50. The molecule has 1 aromatic carbocycles. The van der Waals surface area contributed by atoms with Gasteiger partial charge < -0.3 is 5.32 Å². The summed E-state index contributed by atoms with van der Waals surface area (Å²) in [7, 11) is 0. The van der Waals surface area contributed by atoms with Gasteiger partial charge >= 0.3 is 0 Å². The number of benzene rings is 1. The Labute approximate surface area is 126 Å². The number of halogens is 3. The second kappa shape index (κ2) is 5.95. The summed E-state index contributed by atoms with van der Waals surface area (Å²) in [6.45, 7) is 4.05. The van der Waals surface area contributed by atoms with Gasteiger partial charge in [-0.15, -0.1) is 0 Å². The van der Waals surface area contributed by atoms with Crippen LogP contribution in [0.5, 0.6) is 0 Å². The maximum absolute atomic E-state index is 6.14. The number of nitrogens with zero attached hydrogens (tertiary/aromatic N) is 2. The van der Waals surface area contributed by atoms with Crippen molar-refractivity contribution >= 4 is 46.3 Å². The van der Waals surface area contributed by atoms with Crippen LogP contribution >= 0.6 is 34.8 Å². The van der Waals surface area contributed by atoms with E-state index in [0.717, 1.165) is 5.56 Å². The average molecular weight is 317 g/mol. The highest BCUT2D eigenvalue weighted by Crippen LogP contribution is 2.34. The predicted octanol–water partition coefficient (Wildman–Crippen LogP) is 5.30. The minimum Gasteiger partial charge on any atom is -0.339 e. The molecule has 19 heavy (non-hydrogen) atoms. The molecule has 6 heteroatoms. The van der Waals surface area contributed by atoms with E-state index in [2.05, 4.69) is 15.3 Å². The van der Waals surface area contributed by atoms with Gasteiger partial charge in [-0.3, -0.25) is 0 Å². The SMILES string of the molecule is CC(C)c1c(Cl)ncnc1Nc1cccc(Cl)c1Cl. The van der Waals surface area contributed by atoms with Gasteiger partial charge in [-0.1, -0.05) is 54.7 Å². The van der Waals surface area contributed by atoms with Crippen molar-refractivity contribution in [1.29, 1.82) is 0 Å². The number of hydrogen-bond donors (Lipinski definition) is 1. The molecule has 2 aromatic rings. The first kappa shape index (κ1) is 14.4. The third kappa shape index (κ3) is 3.11. The lowest BCUT2D eigenvalue weighted by atomic mass is 10.1. The Hall–Kier alpha value is -1.03. The molecule has 0 amide bonds. The van der Waals surface area contributed by atoms with Crippen molar-refractivity contribution in [2.45, 2.75) is 19.8 Å². The molecule has 0 aliphatic carbocycles. The Balaban J connectivity index is 2.44. The van der Waals surface area contributed by atoms with E-state index < -0.39 is 0 Å². The minimum absolute atomic E-state index is 0.189. The molecule has 0 saturated heterocycles. The molecule has 1 aromatic heterocycles. The molecule has 1 heterocycles. The van der Waals surface area contributed by atoms with Gasteiger partial charge in [0, 0.05) is 5.56 Å². The molecule has 0 aliphatic heterocycles. The largest absolute Gasteiger partial charge is 0.339 e. The van der Waals surface area contributed by atoms with Crippen molar-refractivity contribution in [2.75, 3.05) is 5.32 Å². The summed E-state index contributed by atoms with van der Waals surface area (Å²) in [5.41, 5.74) is 1.53. The van der Waals surface area contributed by atoms with Gasteiger partial charge in [0.05, 0.1) is 15.7 Å². The molecular formula is C13H12Cl3N3. The standard InChI is InChI=1S/C13H12Cl3N3/c1-7(2)10-12(16)17-6-18-13(10)19-9-5-3-4-8(14)11(9)15/h3-7H,1-2H3,(H,17,18,19). The third-order valence-electron chi connectivity index (χ3n) is 2.62. The maximum atomic E-state index is 6.14. The predicted molar refractivity (Wildman–Crippen MR) is 80.9 cm³/mol. The molecule has 100 valence electrons.